The lowest BCUT2D eigenvalue weighted by atomic mass is 9.77. The van der Waals surface area contributed by atoms with E-state index in [-0.39, 0.29) is 18.0 Å². The van der Waals surface area contributed by atoms with Crippen LogP contribution in [-0.4, -0.2) is 23.0 Å². The first-order valence-corrected chi connectivity index (χ1v) is 8.21. The monoisotopic (exact) mass is 287 g/mol. The smallest absolute Gasteiger partial charge is 0.237 e. The van der Waals surface area contributed by atoms with Gasteiger partial charge in [-0.3, -0.25) is 9.78 Å². The number of carbonyl (C=O) groups excluding carboxylic acids is 1. The van der Waals surface area contributed by atoms with Crippen LogP contribution in [0, 0.1) is 5.92 Å². The number of pyridine rings is 1. The van der Waals surface area contributed by atoms with Crippen molar-refractivity contribution in [3.63, 3.8) is 0 Å². The standard InChI is InChI=1S/C17H25N3O/c1-12(14-7-4-5-11-18-14)19-17(21)16-10-9-13-6-2-3-8-15(13)20-16/h4-5,7,11-13,15-16,20H,2-3,6,8-10H2,1H3,(H,19,21). The Morgan fingerprint density at radius 3 is 2.95 bits per heavy atom. The highest BCUT2D eigenvalue weighted by molar-refractivity contribution is 5.82. The molecule has 2 fully saturated rings. The Morgan fingerprint density at radius 2 is 2.14 bits per heavy atom. The zero-order valence-corrected chi connectivity index (χ0v) is 12.7. The second kappa shape index (κ2) is 6.56. The van der Waals surface area contributed by atoms with E-state index in [0.717, 1.165) is 18.0 Å². The number of hydrogen-bond acceptors (Lipinski definition) is 3. The molecule has 1 aliphatic heterocycles. The van der Waals surface area contributed by atoms with Gasteiger partial charge in [-0.1, -0.05) is 18.9 Å². The molecule has 4 unspecified atom stereocenters. The lowest BCUT2D eigenvalue weighted by Crippen LogP contribution is -2.55. The normalized spacial score (nSPS) is 30.2. The molecule has 21 heavy (non-hydrogen) atoms. The van der Waals surface area contributed by atoms with Crippen LogP contribution in [-0.2, 0) is 4.79 Å². The maximum Gasteiger partial charge on any atom is 0.237 e. The average molecular weight is 287 g/mol. The molecule has 1 aromatic heterocycles. The minimum atomic E-state index is -0.0374. The number of amides is 1. The fourth-order valence-corrected chi connectivity index (χ4v) is 3.72. The Kier molecular flexibility index (Phi) is 4.54. The fourth-order valence-electron chi connectivity index (χ4n) is 3.72. The van der Waals surface area contributed by atoms with Crippen molar-refractivity contribution in [2.45, 2.75) is 63.6 Å². The highest BCUT2D eigenvalue weighted by atomic mass is 16.2. The minimum Gasteiger partial charge on any atom is -0.347 e. The van der Waals surface area contributed by atoms with E-state index >= 15 is 0 Å². The van der Waals surface area contributed by atoms with Crippen LogP contribution >= 0.6 is 0 Å². The average Bonchev–Trinajstić information content (AvgIpc) is 2.55. The van der Waals surface area contributed by atoms with Crippen molar-refractivity contribution in [1.82, 2.24) is 15.6 Å². The number of nitrogens with zero attached hydrogens (tertiary/aromatic N) is 1. The predicted octanol–water partition coefficient (Wildman–Crippen LogP) is 2.57. The second-order valence-corrected chi connectivity index (χ2v) is 6.43. The first-order chi connectivity index (χ1) is 10.2. The molecule has 3 rings (SSSR count). The van der Waals surface area contributed by atoms with Crippen molar-refractivity contribution in [2.24, 2.45) is 5.92 Å². The van der Waals surface area contributed by atoms with Gasteiger partial charge in [-0.05, 0) is 50.7 Å². The molecule has 1 saturated heterocycles. The maximum atomic E-state index is 12.5. The first-order valence-electron chi connectivity index (χ1n) is 8.21. The quantitative estimate of drug-likeness (QED) is 0.898. The number of aromatic nitrogens is 1. The summed E-state index contributed by atoms with van der Waals surface area (Å²) in [5.74, 6) is 0.910. The lowest BCUT2D eigenvalue weighted by Gasteiger charge is -2.40. The molecule has 1 aliphatic carbocycles. The Hall–Kier alpha value is -1.42. The topological polar surface area (TPSA) is 54.0 Å². The number of hydrogen-bond donors (Lipinski definition) is 2. The molecule has 4 atom stereocenters. The van der Waals surface area contributed by atoms with Crippen LogP contribution < -0.4 is 10.6 Å². The number of rotatable bonds is 3. The van der Waals surface area contributed by atoms with Gasteiger partial charge in [-0.15, -0.1) is 0 Å². The highest BCUT2D eigenvalue weighted by Gasteiger charge is 2.34. The summed E-state index contributed by atoms with van der Waals surface area (Å²) in [6, 6.07) is 6.28. The summed E-state index contributed by atoms with van der Waals surface area (Å²) in [4.78, 5) is 16.8. The zero-order chi connectivity index (χ0) is 14.7. The Morgan fingerprint density at radius 1 is 1.29 bits per heavy atom. The zero-order valence-electron chi connectivity index (χ0n) is 12.7. The van der Waals surface area contributed by atoms with E-state index in [9.17, 15) is 4.79 Å². The molecule has 4 nitrogen and oxygen atoms in total. The van der Waals surface area contributed by atoms with Gasteiger partial charge in [0.2, 0.25) is 5.91 Å². The predicted molar refractivity (Wildman–Crippen MR) is 82.7 cm³/mol. The van der Waals surface area contributed by atoms with Gasteiger partial charge >= 0.3 is 0 Å². The van der Waals surface area contributed by atoms with Gasteiger partial charge in [0.15, 0.2) is 0 Å². The van der Waals surface area contributed by atoms with Crippen molar-refractivity contribution in [2.75, 3.05) is 0 Å². The Labute approximate surface area is 126 Å². The largest absolute Gasteiger partial charge is 0.347 e. The molecule has 0 aromatic carbocycles. The van der Waals surface area contributed by atoms with Gasteiger partial charge in [0.1, 0.15) is 0 Å². The third-order valence-corrected chi connectivity index (χ3v) is 4.96. The van der Waals surface area contributed by atoms with Crippen LogP contribution in [0.25, 0.3) is 0 Å². The van der Waals surface area contributed by atoms with Crippen molar-refractivity contribution in [3.8, 4) is 0 Å². The molecule has 1 aromatic rings. The number of piperidine rings is 1. The van der Waals surface area contributed by atoms with Gasteiger partial charge < -0.3 is 10.6 Å². The molecule has 4 heteroatoms. The highest BCUT2D eigenvalue weighted by Crippen LogP contribution is 2.32. The first kappa shape index (κ1) is 14.5. The molecule has 2 heterocycles. The van der Waals surface area contributed by atoms with Gasteiger partial charge in [0.25, 0.3) is 0 Å². The van der Waals surface area contributed by atoms with E-state index in [2.05, 4.69) is 15.6 Å². The third-order valence-electron chi connectivity index (χ3n) is 4.96. The molecule has 1 saturated carbocycles. The van der Waals surface area contributed by atoms with E-state index in [1.54, 1.807) is 6.20 Å². The van der Waals surface area contributed by atoms with E-state index in [1.807, 2.05) is 25.1 Å². The molecule has 0 radical (unpaired) electrons. The molecular formula is C17H25N3O. The van der Waals surface area contributed by atoms with Crippen molar-refractivity contribution >= 4 is 5.91 Å². The van der Waals surface area contributed by atoms with Crippen LogP contribution in [0.2, 0.25) is 0 Å². The van der Waals surface area contributed by atoms with Crippen molar-refractivity contribution in [3.05, 3.63) is 30.1 Å². The molecule has 1 amide bonds. The van der Waals surface area contributed by atoms with Crippen LogP contribution in [0.1, 0.15) is 57.2 Å². The van der Waals surface area contributed by atoms with E-state index < -0.39 is 0 Å². The summed E-state index contributed by atoms with van der Waals surface area (Å²) in [6.45, 7) is 1.99. The molecular weight excluding hydrogens is 262 g/mol. The molecule has 114 valence electrons. The van der Waals surface area contributed by atoms with Gasteiger partial charge in [0.05, 0.1) is 17.8 Å². The number of nitrogens with one attached hydrogen (secondary N) is 2. The SMILES string of the molecule is CC(NC(=O)C1CCC2CCCCC2N1)c1ccccn1. The van der Waals surface area contributed by atoms with Crippen LogP contribution in [0.4, 0.5) is 0 Å². The summed E-state index contributed by atoms with van der Waals surface area (Å²) < 4.78 is 0. The van der Waals surface area contributed by atoms with E-state index in [0.29, 0.717) is 6.04 Å². The van der Waals surface area contributed by atoms with Crippen LogP contribution in [0.5, 0.6) is 0 Å². The molecule has 0 bridgehead atoms. The van der Waals surface area contributed by atoms with Crippen molar-refractivity contribution < 1.29 is 4.79 Å². The van der Waals surface area contributed by atoms with Gasteiger partial charge in [-0.25, -0.2) is 0 Å². The second-order valence-electron chi connectivity index (χ2n) is 6.43. The van der Waals surface area contributed by atoms with E-state index in [4.69, 9.17) is 0 Å². The molecule has 2 aliphatic rings. The summed E-state index contributed by atoms with van der Waals surface area (Å²) in [5, 5.41) is 6.68. The summed E-state index contributed by atoms with van der Waals surface area (Å²) in [6.07, 6.45) is 9.13. The summed E-state index contributed by atoms with van der Waals surface area (Å²) in [7, 11) is 0. The van der Waals surface area contributed by atoms with E-state index in [1.165, 1.54) is 32.1 Å². The summed E-state index contributed by atoms with van der Waals surface area (Å²) >= 11 is 0. The van der Waals surface area contributed by atoms with Crippen LogP contribution in [0.3, 0.4) is 0 Å². The minimum absolute atomic E-state index is 0.0319. The fraction of sp³-hybridized carbons (Fsp3) is 0.647. The Bertz CT molecular complexity index is 476. The third kappa shape index (κ3) is 3.43. The van der Waals surface area contributed by atoms with Crippen LogP contribution in [0.15, 0.2) is 24.4 Å². The molecule has 0 spiro atoms. The summed E-state index contributed by atoms with van der Waals surface area (Å²) in [5.41, 5.74) is 0.914. The lowest BCUT2D eigenvalue weighted by molar-refractivity contribution is -0.125. The Balaban J connectivity index is 1.56. The van der Waals surface area contributed by atoms with Gasteiger partial charge in [0, 0.05) is 12.2 Å². The number of fused-ring (bicyclic) bond motifs is 1. The number of carbonyl (C=O) groups is 1. The van der Waals surface area contributed by atoms with Gasteiger partial charge in [-0.2, -0.15) is 0 Å². The maximum absolute atomic E-state index is 12.5. The van der Waals surface area contributed by atoms with Crippen molar-refractivity contribution in [1.29, 1.82) is 0 Å². The molecule has 2 N–H and O–H groups in total.